The molecule has 0 heterocycles. The van der Waals surface area contributed by atoms with Gasteiger partial charge in [0.15, 0.2) is 0 Å². The van der Waals surface area contributed by atoms with Crippen molar-refractivity contribution in [2.45, 2.75) is 97.2 Å². The molecular formula is C36H51N3O3. The molecule has 4 saturated carbocycles. The summed E-state index contributed by atoms with van der Waals surface area (Å²) in [7, 11) is 0. The van der Waals surface area contributed by atoms with Gasteiger partial charge in [0.05, 0.1) is 6.10 Å². The molecule has 2 aromatic carbocycles. The van der Waals surface area contributed by atoms with Gasteiger partial charge >= 0.3 is 0 Å². The zero-order chi connectivity index (χ0) is 29.6. The lowest BCUT2D eigenvalue weighted by Gasteiger charge is -2.63. The van der Waals surface area contributed by atoms with Gasteiger partial charge in [0, 0.05) is 35.8 Å². The smallest absolute Gasteiger partial charge is 0.217 e. The summed E-state index contributed by atoms with van der Waals surface area (Å²) in [6.45, 7) is 7.51. The number of primary amides is 1. The molecule has 10 atom stereocenters. The minimum atomic E-state index is -0.173. The number of carbonyl (C=O) groups excluding carboxylic acids is 1. The van der Waals surface area contributed by atoms with Crippen molar-refractivity contribution in [3.8, 4) is 11.5 Å². The van der Waals surface area contributed by atoms with Crippen LogP contribution < -0.4 is 26.7 Å². The van der Waals surface area contributed by atoms with Crippen LogP contribution in [0.4, 0.5) is 11.4 Å². The number of rotatable bonds is 8. The predicted octanol–water partition coefficient (Wildman–Crippen LogP) is 7.22. The summed E-state index contributed by atoms with van der Waals surface area (Å²) < 4.78 is 13.5. The van der Waals surface area contributed by atoms with Gasteiger partial charge in [-0.15, -0.1) is 0 Å². The third-order valence-electron chi connectivity index (χ3n) is 12.5. The molecule has 4 aliphatic carbocycles. The number of hydrogen-bond donors (Lipinski definition) is 3. The monoisotopic (exact) mass is 573 g/mol. The Bertz CT molecular complexity index is 1280. The Morgan fingerprint density at radius 2 is 1.50 bits per heavy atom. The van der Waals surface area contributed by atoms with E-state index < -0.39 is 0 Å². The number of benzene rings is 2. The number of nitrogen functional groups attached to an aromatic ring is 2. The molecule has 6 heteroatoms. The van der Waals surface area contributed by atoms with Crippen molar-refractivity contribution in [2.24, 2.45) is 52.1 Å². The van der Waals surface area contributed by atoms with Crippen molar-refractivity contribution < 1.29 is 14.3 Å². The van der Waals surface area contributed by atoms with E-state index in [9.17, 15) is 4.79 Å². The first kappa shape index (κ1) is 29.2. The van der Waals surface area contributed by atoms with Crippen LogP contribution in [-0.4, -0.2) is 18.1 Å². The fourth-order valence-corrected chi connectivity index (χ4v) is 10.6. The first-order chi connectivity index (χ1) is 20.1. The van der Waals surface area contributed by atoms with Crippen LogP contribution in [0.25, 0.3) is 0 Å². The van der Waals surface area contributed by atoms with Crippen LogP contribution in [0.15, 0.2) is 48.5 Å². The van der Waals surface area contributed by atoms with E-state index in [0.717, 1.165) is 55.0 Å². The number of hydrogen-bond acceptors (Lipinski definition) is 5. The van der Waals surface area contributed by atoms with E-state index in [0.29, 0.717) is 47.3 Å². The topological polar surface area (TPSA) is 114 Å². The maximum atomic E-state index is 11.6. The van der Waals surface area contributed by atoms with Gasteiger partial charge in [-0.3, -0.25) is 4.79 Å². The van der Waals surface area contributed by atoms with Gasteiger partial charge < -0.3 is 26.7 Å². The quantitative estimate of drug-likeness (QED) is 0.289. The van der Waals surface area contributed by atoms with Crippen molar-refractivity contribution in [2.75, 3.05) is 11.5 Å². The number of nitrogens with two attached hydrogens (primary N) is 3. The molecule has 2 aromatic rings. The zero-order valence-electron chi connectivity index (χ0n) is 25.8. The Balaban J connectivity index is 1.27. The molecule has 6 N–H and O–H groups in total. The lowest BCUT2D eigenvalue weighted by Crippen LogP contribution is -2.59. The minimum absolute atomic E-state index is 0.124. The van der Waals surface area contributed by atoms with E-state index in [2.05, 4.69) is 26.8 Å². The number of anilines is 2. The predicted molar refractivity (Wildman–Crippen MR) is 169 cm³/mol. The molecule has 0 bridgehead atoms. The SMILES string of the molecule is C[C@H](CCC(N)=O)[C@H]1CC[C@H]2[C@@H]3CC(Oc4cccc(N)c4)C4CC(Oc5cccc(N)c5)CC[C@]4(C)[C@H]3CC[C@]12C. The second-order valence-corrected chi connectivity index (χ2v) is 14.8. The van der Waals surface area contributed by atoms with E-state index in [1.807, 2.05) is 42.5 Å². The van der Waals surface area contributed by atoms with Crippen molar-refractivity contribution >= 4 is 17.3 Å². The van der Waals surface area contributed by atoms with Crippen LogP contribution >= 0.6 is 0 Å². The van der Waals surface area contributed by atoms with Crippen LogP contribution in [0.3, 0.4) is 0 Å². The van der Waals surface area contributed by atoms with Crippen LogP contribution in [0.5, 0.6) is 11.5 Å². The van der Waals surface area contributed by atoms with E-state index in [1.165, 1.54) is 25.7 Å². The molecule has 4 fully saturated rings. The average molecular weight is 574 g/mol. The highest BCUT2D eigenvalue weighted by Crippen LogP contribution is 2.68. The molecule has 0 aromatic heterocycles. The summed E-state index contributed by atoms with van der Waals surface area (Å²) in [5.41, 5.74) is 19.8. The summed E-state index contributed by atoms with van der Waals surface area (Å²) in [5, 5.41) is 0. The molecule has 0 spiro atoms. The normalized spacial score (nSPS) is 38.0. The second kappa shape index (κ2) is 11.3. The maximum Gasteiger partial charge on any atom is 0.217 e. The maximum absolute atomic E-state index is 11.6. The van der Waals surface area contributed by atoms with Gasteiger partial charge in [0.25, 0.3) is 0 Å². The van der Waals surface area contributed by atoms with Gasteiger partial charge in [0.1, 0.15) is 17.6 Å². The third-order valence-corrected chi connectivity index (χ3v) is 12.5. The first-order valence-electron chi connectivity index (χ1n) is 16.4. The van der Waals surface area contributed by atoms with Crippen molar-refractivity contribution in [1.82, 2.24) is 0 Å². The zero-order valence-corrected chi connectivity index (χ0v) is 25.8. The summed E-state index contributed by atoms with van der Waals surface area (Å²) in [6, 6.07) is 15.8. The van der Waals surface area contributed by atoms with E-state index in [4.69, 9.17) is 26.7 Å². The third kappa shape index (κ3) is 5.35. The van der Waals surface area contributed by atoms with Gasteiger partial charge in [-0.1, -0.05) is 32.9 Å². The summed E-state index contributed by atoms with van der Waals surface area (Å²) >= 11 is 0. The van der Waals surface area contributed by atoms with Crippen molar-refractivity contribution in [3.63, 3.8) is 0 Å². The van der Waals surface area contributed by atoms with Crippen molar-refractivity contribution in [3.05, 3.63) is 48.5 Å². The first-order valence-corrected chi connectivity index (χ1v) is 16.4. The fourth-order valence-electron chi connectivity index (χ4n) is 10.6. The molecule has 0 saturated heterocycles. The second-order valence-electron chi connectivity index (χ2n) is 14.8. The molecule has 0 radical (unpaired) electrons. The molecule has 3 unspecified atom stereocenters. The molecule has 6 nitrogen and oxygen atoms in total. The molecule has 6 rings (SSSR count). The number of carbonyl (C=O) groups is 1. The van der Waals surface area contributed by atoms with Crippen LogP contribution in [-0.2, 0) is 4.79 Å². The number of ether oxygens (including phenoxy) is 2. The van der Waals surface area contributed by atoms with Gasteiger partial charge in [-0.2, -0.15) is 0 Å². The highest BCUT2D eigenvalue weighted by atomic mass is 16.5. The Morgan fingerprint density at radius 1 is 0.857 bits per heavy atom. The van der Waals surface area contributed by atoms with E-state index in [1.54, 1.807) is 0 Å². The van der Waals surface area contributed by atoms with Crippen LogP contribution in [0, 0.1) is 46.3 Å². The number of amides is 1. The average Bonchev–Trinajstić information content (AvgIpc) is 3.30. The van der Waals surface area contributed by atoms with Gasteiger partial charge in [0.2, 0.25) is 5.91 Å². The Morgan fingerprint density at radius 3 is 2.17 bits per heavy atom. The highest BCUT2D eigenvalue weighted by molar-refractivity contribution is 5.73. The Hall–Kier alpha value is -2.89. The molecule has 4 aliphatic rings. The van der Waals surface area contributed by atoms with Gasteiger partial charge in [-0.05, 0) is 122 Å². The van der Waals surface area contributed by atoms with Gasteiger partial charge in [-0.25, -0.2) is 0 Å². The molecule has 228 valence electrons. The minimum Gasteiger partial charge on any atom is -0.490 e. The Labute approximate surface area is 252 Å². The Kier molecular flexibility index (Phi) is 7.86. The molecular weight excluding hydrogens is 522 g/mol. The lowest BCUT2D eigenvalue weighted by atomic mass is 9.43. The van der Waals surface area contributed by atoms with E-state index in [-0.39, 0.29) is 23.5 Å². The fraction of sp³-hybridized carbons (Fsp3) is 0.639. The largest absolute Gasteiger partial charge is 0.490 e. The lowest BCUT2D eigenvalue weighted by molar-refractivity contribution is -0.164. The number of fused-ring (bicyclic) bond motifs is 5. The van der Waals surface area contributed by atoms with E-state index >= 15 is 0 Å². The van der Waals surface area contributed by atoms with Crippen LogP contribution in [0.1, 0.15) is 85.0 Å². The van der Waals surface area contributed by atoms with Crippen molar-refractivity contribution in [1.29, 1.82) is 0 Å². The standard InChI is InChI=1S/C36H51N3O3/c1-22(10-13-34(39)40)29-11-12-30-28-21-33(42-26-9-5-7-24(38)19-26)32-20-27(41-25-8-4-6-23(37)18-25)14-16-36(32,3)31(28)15-17-35(29,30)2/h4-9,18-19,22,27-33H,10-17,20-21,37-38H2,1-3H3,(H2,39,40)/t22-,27?,28+,29-,30+,31+,32?,33?,35-,36-/m1/s1. The highest BCUT2D eigenvalue weighted by Gasteiger charge is 2.63. The molecule has 0 aliphatic heterocycles. The summed E-state index contributed by atoms with van der Waals surface area (Å²) in [6.07, 6.45) is 11.1. The molecule has 1 amide bonds. The summed E-state index contributed by atoms with van der Waals surface area (Å²) in [5.74, 6) is 5.21. The summed E-state index contributed by atoms with van der Waals surface area (Å²) in [4.78, 5) is 11.6. The molecule has 42 heavy (non-hydrogen) atoms. The van der Waals surface area contributed by atoms with Crippen LogP contribution in [0.2, 0.25) is 0 Å².